The summed E-state index contributed by atoms with van der Waals surface area (Å²) in [5.74, 6) is 0.958. The van der Waals surface area contributed by atoms with E-state index in [0.717, 1.165) is 18.9 Å². The summed E-state index contributed by atoms with van der Waals surface area (Å²) in [6.07, 6.45) is 3.55. The molecule has 1 heterocycles. The number of carbonyl (C=O) groups excluding carboxylic acids is 1. The molecule has 0 aromatic carbocycles. The zero-order valence-electron chi connectivity index (χ0n) is 11.6. The number of rotatable bonds is 4. The van der Waals surface area contributed by atoms with Crippen LogP contribution in [0.2, 0.25) is 0 Å². The molecular weight excluding hydrogens is 214 g/mol. The number of nitrogens with two attached hydrogens (primary N) is 1. The van der Waals surface area contributed by atoms with E-state index in [2.05, 4.69) is 11.8 Å². The first-order valence-corrected chi connectivity index (χ1v) is 6.68. The van der Waals surface area contributed by atoms with E-state index in [1.54, 1.807) is 4.90 Å². The summed E-state index contributed by atoms with van der Waals surface area (Å²) >= 11 is 0. The molecule has 0 bridgehead atoms. The van der Waals surface area contributed by atoms with Crippen molar-refractivity contribution >= 4 is 5.91 Å². The highest BCUT2D eigenvalue weighted by Crippen LogP contribution is 2.26. The number of carbonyl (C=O) groups is 1. The van der Waals surface area contributed by atoms with Gasteiger partial charge in [0.2, 0.25) is 5.91 Å². The molecule has 1 rings (SSSR count). The lowest BCUT2D eigenvalue weighted by atomic mass is 9.88. The fourth-order valence-corrected chi connectivity index (χ4v) is 2.78. The van der Waals surface area contributed by atoms with E-state index in [1.165, 1.54) is 12.8 Å². The summed E-state index contributed by atoms with van der Waals surface area (Å²) in [5.41, 5.74) is 5.86. The van der Waals surface area contributed by atoms with Gasteiger partial charge in [-0.3, -0.25) is 9.69 Å². The minimum atomic E-state index is -0.0450. The number of likely N-dealkylation sites (N-methyl/N-ethyl adjacent to an activating group) is 1. The zero-order chi connectivity index (χ0) is 13.0. The van der Waals surface area contributed by atoms with Gasteiger partial charge in [0, 0.05) is 26.7 Å². The van der Waals surface area contributed by atoms with Crippen LogP contribution in [0.15, 0.2) is 0 Å². The Hall–Kier alpha value is -0.610. The van der Waals surface area contributed by atoms with E-state index in [4.69, 9.17) is 5.73 Å². The number of hydrogen-bond donors (Lipinski definition) is 1. The van der Waals surface area contributed by atoms with Crippen LogP contribution in [-0.2, 0) is 4.79 Å². The fourth-order valence-electron chi connectivity index (χ4n) is 2.78. The second-order valence-electron chi connectivity index (χ2n) is 5.33. The Morgan fingerprint density at radius 3 is 2.65 bits per heavy atom. The first kappa shape index (κ1) is 14.5. The molecule has 0 saturated carbocycles. The average Bonchev–Trinajstić information content (AvgIpc) is 2.35. The van der Waals surface area contributed by atoms with Crippen molar-refractivity contribution in [1.29, 1.82) is 0 Å². The highest BCUT2D eigenvalue weighted by atomic mass is 16.2. The maximum atomic E-state index is 12.0. The van der Waals surface area contributed by atoms with Crippen molar-refractivity contribution in [3.8, 4) is 0 Å². The van der Waals surface area contributed by atoms with E-state index in [1.807, 2.05) is 21.0 Å². The van der Waals surface area contributed by atoms with Gasteiger partial charge in [-0.25, -0.2) is 0 Å². The third-order valence-corrected chi connectivity index (χ3v) is 4.02. The SMILES string of the molecule is CCC1CCN(C(C)C(=O)N(C)C)C(CN)C1. The molecule has 3 atom stereocenters. The molecule has 2 N–H and O–H groups in total. The van der Waals surface area contributed by atoms with Crippen LogP contribution >= 0.6 is 0 Å². The van der Waals surface area contributed by atoms with Gasteiger partial charge in [0.25, 0.3) is 0 Å². The van der Waals surface area contributed by atoms with Crippen molar-refractivity contribution in [3.05, 3.63) is 0 Å². The smallest absolute Gasteiger partial charge is 0.239 e. The Bertz CT molecular complexity index is 255. The fraction of sp³-hybridized carbons (Fsp3) is 0.923. The first-order valence-electron chi connectivity index (χ1n) is 6.68. The van der Waals surface area contributed by atoms with Crippen molar-refractivity contribution in [2.75, 3.05) is 27.2 Å². The van der Waals surface area contributed by atoms with Gasteiger partial charge < -0.3 is 10.6 Å². The van der Waals surface area contributed by atoms with Crippen LogP contribution < -0.4 is 5.73 Å². The monoisotopic (exact) mass is 241 g/mol. The average molecular weight is 241 g/mol. The summed E-state index contributed by atoms with van der Waals surface area (Å²) in [7, 11) is 3.63. The van der Waals surface area contributed by atoms with Crippen molar-refractivity contribution in [3.63, 3.8) is 0 Å². The van der Waals surface area contributed by atoms with Crippen LogP contribution in [0, 0.1) is 5.92 Å². The van der Waals surface area contributed by atoms with Gasteiger partial charge in [-0.15, -0.1) is 0 Å². The Labute approximate surface area is 105 Å². The molecule has 1 amide bonds. The summed E-state index contributed by atoms with van der Waals surface area (Å²) in [6.45, 7) is 5.89. The Balaban J connectivity index is 2.66. The van der Waals surface area contributed by atoms with Gasteiger partial charge in [0.1, 0.15) is 0 Å². The van der Waals surface area contributed by atoms with Crippen LogP contribution in [0.3, 0.4) is 0 Å². The van der Waals surface area contributed by atoms with Gasteiger partial charge in [-0.05, 0) is 32.2 Å². The van der Waals surface area contributed by atoms with Crippen LogP contribution in [0.25, 0.3) is 0 Å². The van der Waals surface area contributed by atoms with Gasteiger partial charge in [-0.1, -0.05) is 13.3 Å². The predicted molar refractivity (Wildman–Crippen MR) is 70.7 cm³/mol. The van der Waals surface area contributed by atoms with E-state index in [9.17, 15) is 4.79 Å². The topological polar surface area (TPSA) is 49.6 Å². The van der Waals surface area contributed by atoms with Crippen LogP contribution in [0.4, 0.5) is 0 Å². The minimum absolute atomic E-state index is 0.0450. The lowest BCUT2D eigenvalue weighted by Gasteiger charge is -2.42. The summed E-state index contributed by atoms with van der Waals surface area (Å²) in [4.78, 5) is 16.0. The molecule has 1 aliphatic rings. The third-order valence-electron chi connectivity index (χ3n) is 4.02. The molecule has 1 saturated heterocycles. The maximum Gasteiger partial charge on any atom is 0.239 e. The van der Waals surface area contributed by atoms with Gasteiger partial charge in [-0.2, -0.15) is 0 Å². The van der Waals surface area contributed by atoms with Crippen molar-refractivity contribution < 1.29 is 4.79 Å². The van der Waals surface area contributed by atoms with Gasteiger partial charge >= 0.3 is 0 Å². The summed E-state index contributed by atoms with van der Waals surface area (Å²) < 4.78 is 0. The molecule has 0 spiro atoms. The zero-order valence-corrected chi connectivity index (χ0v) is 11.6. The Morgan fingerprint density at radius 2 is 2.18 bits per heavy atom. The molecule has 1 aliphatic heterocycles. The Morgan fingerprint density at radius 1 is 1.53 bits per heavy atom. The number of amides is 1. The molecule has 4 heteroatoms. The second kappa shape index (κ2) is 6.36. The van der Waals surface area contributed by atoms with Crippen molar-refractivity contribution in [2.24, 2.45) is 11.7 Å². The molecule has 4 nitrogen and oxygen atoms in total. The molecule has 17 heavy (non-hydrogen) atoms. The second-order valence-corrected chi connectivity index (χ2v) is 5.33. The van der Waals surface area contributed by atoms with E-state index in [-0.39, 0.29) is 11.9 Å². The van der Waals surface area contributed by atoms with E-state index < -0.39 is 0 Å². The van der Waals surface area contributed by atoms with Crippen molar-refractivity contribution in [2.45, 2.75) is 45.2 Å². The molecule has 0 aromatic rings. The van der Waals surface area contributed by atoms with E-state index in [0.29, 0.717) is 12.6 Å². The largest absolute Gasteiger partial charge is 0.347 e. The quantitative estimate of drug-likeness (QED) is 0.796. The molecular formula is C13H27N3O. The Kier molecular flexibility index (Phi) is 5.40. The number of piperidine rings is 1. The molecule has 0 radical (unpaired) electrons. The lowest BCUT2D eigenvalue weighted by Crippen LogP contribution is -2.55. The van der Waals surface area contributed by atoms with Crippen LogP contribution in [-0.4, -0.2) is 55.0 Å². The number of nitrogens with zero attached hydrogens (tertiary/aromatic N) is 2. The number of likely N-dealkylation sites (tertiary alicyclic amines) is 1. The highest BCUT2D eigenvalue weighted by Gasteiger charge is 2.33. The van der Waals surface area contributed by atoms with Gasteiger partial charge in [0.15, 0.2) is 0 Å². The summed E-state index contributed by atoms with van der Waals surface area (Å²) in [5, 5.41) is 0. The van der Waals surface area contributed by atoms with Crippen molar-refractivity contribution in [1.82, 2.24) is 9.80 Å². The number of hydrogen-bond acceptors (Lipinski definition) is 3. The lowest BCUT2D eigenvalue weighted by molar-refractivity contribution is -0.135. The maximum absolute atomic E-state index is 12.0. The molecule has 1 fully saturated rings. The van der Waals surface area contributed by atoms with Crippen LogP contribution in [0.1, 0.15) is 33.1 Å². The summed E-state index contributed by atoms with van der Waals surface area (Å²) in [6, 6.07) is 0.323. The van der Waals surface area contributed by atoms with Gasteiger partial charge in [0.05, 0.1) is 6.04 Å². The van der Waals surface area contributed by atoms with Crippen LogP contribution in [0.5, 0.6) is 0 Å². The minimum Gasteiger partial charge on any atom is -0.347 e. The van der Waals surface area contributed by atoms with E-state index >= 15 is 0 Å². The molecule has 100 valence electrons. The predicted octanol–water partition coefficient (Wildman–Crippen LogP) is 0.912. The first-order chi connectivity index (χ1) is 8.01. The standard InChI is InChI=1S/C13H27N3O/c1-5-11-6-7-16(12(8-11)9-14)10(2)13(17)15(3)4/h10-12H,5-9,14H2,1-4H3. The third kappa shape index (κ3) is 3.42. The highest BCUT2D eigenvalue weighted by molar-refractivity contribution is 5.81. The molecule has 3 unspecified atom stereocenters. The molecule has 0 aliphatic carbocycles. The normalized spacial score (nSPS) is 27.8. The molecule has 0 aromatic heterocycles.